The van der Waals surface area contributed by atoms with Crippen molar-refractivity contribution in [1.82, 2.24) is 10.3 Å². The molecule has 0 aliphatic carbocycles. The molecule has 2 rings (SSSR count). The van der Waals surface area contributed by atoms with Crippen LogP contribution in [0.25, 0.3) is 0 Å². The van der Waals surface area contributed by atoms with Crippen molar-refractivity contribution in [3.8, 4) is 0 Å². The molecule has 0 bridgehead atoms. The van der Waals surface area contributed by atoms with E-state index >= 15 is 0 Å². The summed E-state index contributed by atoms with van der Waals surface area (Å²) in [5, 5.41) is 3.85. The van der Waals surface area contributed by atoms with Crippen molar-refractivity contribution in [2.24, 2.45) is 0 Å². The molecule has 3 N–H and O–H groups in total. The van der Waals surface area contributed by atoms with Crippen LogP contribution in [0.4, 0.5) is 5.69 Å². The Labute approximate surface area is 123 Å². The van der Waals surface area contributed by atoms with E-state index in [1.165, 1.54) is 4.88 Å². The van der Waals surface area contributed by atoms with Crippen LogP contribution in [0, 0.1) is 0 Å². The molecule has 0 saturated heterocycles. The van der Waals surface area contributed by atoms with E-state index in [1.807, 2.05) is 30.5 Å². The minimum atomic E-state index is 0.0292. The first-order valence-electron chi connectivity index (χ1n) is 6.72. The Morgan fingerprint density at radius 3 is 2.90 bits per heavy atom. The minimum Gasteiger partial charge on any atom is -0.399 e. The standard InChI is InChI=1S/C15H19N3OS/c1-2-12-9-18-15(20-12)10-17-14(19)8-7-11-5-3-4-6-13(11)16/h3-6,9H,2,7-8,10,16H2,1H3,(H,17,19). The molecule has 0 spiro atoms. The Bertz CT molecular complexity index is 580. The molecule has 2 aromatic rings. The van der Waals surface area contributed by atoms with Crippen LogP contribution < -0.4 is 11.1 Å². The van der Waals surface area contributed by atoms with Crippen LogP contribution in [-0.2, 0) is 24.2 Å². The molecule has 1 amide bonds. The normalized spacial score (nSPS) is 10.4. The van der Waals surface area contributed by atoms with Gasteiger partial charge in [0.1, 0.15) is 5.01 Å². The molecule has 0 saturated carbocycles. The number of nitrogens with two attached hydrogens (primary N) is 1. The van der Waals surface area contributed by atoms with Gasteiger partial charge in [-0.15, -0.1) is 11.3 Å². The third kappa shape index (κ3) is 4.06. The molecule has 1 aromatic carbocycles. The molecule has 1 aromatic heterocycles. The number of carbonyl (C=O) groups excluding carboxylic acids is 1. The summed E-state index contributed by atoms with van der Waals surface area (Å²) in [7, 11) is 0. The van der Waals surface area contributed by atoms with Crippen LogP contribution in [0.1, 0.15) is 28.8 Å². The first-order chi connectivity index (χ1) is 9.69. The molecule has 1 heterocycles. The monoisotopic (exact) mass is 289 g/mol. The van der Waals surface area contributed by atoms with Gasteiger partial charge in [0.15, 0.2) is 0 Å². The second kappa shape index (κ2) is 7.05. The van der Waals surface area contributed by atoms with E-state index in [0.29, 0.717) is 19.4 Å². The average Bonchev–Trinajstić information content (AvgIpc) is 2.92. The number of nitrogen functional groups attached to an aromatic ring is 1. The third-order valence-electron chi connectivity index (χ3n) is 3.06. The van der Waals surface area contributed by atoms with Gasteiger partial charge in [-0.2, -0.15) is 0 Å². The quantitative estimate of drug-likeness (QED) is 0.803. The fourth-order valence-electron chi connectivity index (χ4n) is 1.87. The van der Waals surface area contributed by atoms with Gasteiger partial charge in [-0.1, -0.05) is 25.1 Å². The highest BCUT2D eigenvalue weighted by molar-refractivity contribution is 7.11. The lowest BCUT2D eigenvalue weighted by atomic mass is 10.1. The van der Waals surface area contributed by atoms with Crippen LogP contribution in [0.15, 0.2) is 30.5 Å². The number of hydrogen-bond acceptors (Lipinski definition) is 4. The van der Waals surface area contributed by atoms with Gasteiger partial charge in [-0.3, -0.25) is 4.79 Å². The maximum Gasteiger partial charge on any atom is 0.220 e. The summed E-state index contributed by atoms with van der Waals surface area (Å²) in [5.74, 6) is 0.0292. The van der Waals surface area contributed by atoms with Gasteiger partial charge in [-0.25, -0.2) is 4.98 Å². The number of benzene rings is 1. The predicted octanol–water partition coefficient (Wildman–Crippen LogP) is 2.54. The zero-order chi connectivity index (χ0) is 14.4. The third-order valence-corrected chi connectivity index (χ3v) is 4.20. The first kappa shape index (κ1) is 14.5. The lowest BCUT2D eigenvalue weighted by Crippen LogP contribution is -2.23. The number of carbonyl (C=O) groups is 1. The van der Waals surface area contributed by atoms with E-state index < -0.39 is 0 Å². The number of anilines is 1. The van der Waals surface area contributed by atoms with Gasteiger partial charge in [-0.05, 0) is 24.5 Å². The Morgan fingerprint density at radius 2 is 2.20 bits per heavy atom. The molecule has 5 heteroatoms. The summed E-state index contributed by atoms with van der Waals surface area (Å²) >= 11 is 1.65. The maximum atomic E-state index is 11.8. The van der Waals surface area contributed by atoms with Crippen LogP contribution in [-0.4, -0.2) is 10.9 Å². The van der Waals surface area contributed by atoms with Crippen molar-refractivity contribution in [3.05, 3.63) is 45.9 Å². The summed E-state index contributed by atoms with van der Waals surface area (Å²) in [5.41, 5.74) is 7.61. The average molecular weight is 289 g/mol. The minimum absolute atomic E-state index is 0.0292. The summed E-state index contributed by atoms with van der Waals surface area (Å²) in [4.78, 5) is 17.3. The number of nitrogens with zero attached hydrogens (tertiary/aromatic N) is 1. The summed E-state index contributed by atoms with van der Waals surface area (Å²) in [6, 6.07) is 7.64. The predicted molar refractivity (Wildman–Crippen MR) is 82.5 cm³/mol. The SMILES string of the molecule is CCc1cnc(CNC(=O)CCc2ccccc2N)s1. The molecule has 0 aliphatic rings. The molecule has 106 valence electrons. The number of thiazole rings is 1. The molecular weight excluding hydrogens is 270 g/mol. The smallest absolute Gasteiger partial charge is 0.220 e. The number of para-hydroxylation sites is 1. The molecule has 0 atom stereocenters. The van der Waals surface area contributed by atoms with Gasteiger partial charge < -0.3 is 11.1 Å². The van der Waals surface area contributed by atoms with Gasteiger partial charge in [0.25, 0.3) is 0 Å². The number of aryl methyl sites for hydroxylation is 2. The number of hydrogen-bond donors (Lipinski definition) is 2. The molecule has 0 fully saturated rings. The lowest BCUT2D eigenvalue weighted by Gasteiger charge is -2.05. The summed E-state index contributed by atoms with van der Waals surface area (Å²) in [6.45, 7) is 2.61. The molecule has 20 heavy (non-hydrogen) atoms. The Hall–Kier alpha value is -1.88. The van der Waals surface area contributed by atoms with Crippen molar-refractivity contribution >= 4 is 22.9 Å². The maximum absolute atomic E-state index is 11.8. The van der Waals surface area contributed by atoms with Gasteiger partial charge in [0.05, 0.1) is 6.54 Å². The summed E-state index contributed by atoms with van der Waals surface area (Å²) < 4.78 is 0. The highest BCUT2D eigenvalue weighted by atomic mass is 32.1. The molecule has 4 nitrogen and oxygen atoms in total. The number of rotatable bonds is 6. The van der Waals surface area contributed by atoms with E-state index in [0.717, 1.165) is 22.7 Å². The highest BCUT2D eigenvalue weighted by Gasteiger charge is 2.06. The Balaban J connectivity index is 1.77. The largest absolute Gasteiger partial charge is 0.399 e. The fourth-order valence-corrected chi connectivity index (χ4v) is 2.67. The van der Waals surface area contributed by atoms with Crippen molar-refractivity contribution in [2.75, 3.05) is 5.73 Å². The van der Waals surface area contributed by atoms with Crippen LogP contribution in [0.5, 0.6) is 0 Å². The molecule has 0 radical (unpaired) electrons. The van der Waals surface area contributed by atoms with E-state index in [2.05, 4.69) is 17.2 Å². The van der Waals surface area contributed by atoms with E-state index in [-0.39, 0.29) is 5.91 Å². The van der Waals surface area contributed by atoms with Crippen molar-refractivity contribution in [2.45, 2.75) is 32.7 Å². The van der Waals surface area contributed by atoms with E-state index in [9.17, 15) is 4.79 Å². The number of nitrogens with one attached hydrogen (secondary N) is 1. The fraction of sp³-hybridized carbons (Fsp3) is 0.333. The van der Waals surface area contributed by atoms with Crippen LogP contribution in [0.2, 0.25) is 0 Å². The van der Waals surface area contributed by atoms with Crippen molar-refractivity contribution in [3.63, 3.8) is 0 Å². The zero-order valence-electron chi connectivity index (χ0n) is 11.6. The number of amides is 1. The summed E-state index contributed by atoms with van der Waals surface area (Å²) in [6.07, 6.45) is 3.96. The van der Waals surface area contributed by atoms with Gasteiger partial charge in [0, 0.05) is 23.2 Å². The van der Waals surface area contributed by atoms with Gasteiger partial charge in [0.2, 0.25) is 5.91 Å². The molecule has 0 unspecified atom stereocenters. The van der Waals surface area contributed by atoms with E-state index in [4.69, 9.17) is 5.73 Å². The molecular formula is C15H19N3OS. The molecule has 0 aliphatic heterocycles. The van der Waals surface area contributed by atoms with Gasteiger partial charge >= 0.3 is 0 Å². The Kier molecular flexibility index (Phi) is 5.12. The van der Waals surface area contributed by atoms with E-state index in [1.54, 1.807) is 11.3 Å². The lowest BCUT2D eigenvalue weighted by molar-refractivity contribution is -0.121. The first-order valence-corrected chi connectivity index (χ1v) is 7.54. The Morgan fingerprint density at radius 1 is 1.40 bits per heavy atom. The second-order valence-corrected chi connectivity index (χ2v) is 5.75. The zero-order valence-corrected chi connectivity index (χ0v) is 12.4. The van der Waals surface area contributed by atoms with Crippen molar-refractivity contribution < 1.29 is 4.79 Å². The number of aromatic nitrogens is 1. The topological polar surface area (TPSA) is 68.0 Å². The second-order valence-electron chi connectivity index (χ2n) is 4.55. The van der Waals surface area contributed by atoms with Crippen molar-refractivity contribution in [1.29, 1.82) is 0 Å². The van der Waals surface area contributed by atoms with Crippen LogP contribution >= 0.6 is 11.3 Å². The van der Waals surface area contributed by atoms with Crippen LogP contribution in [0.3, 0.4) is 0 Å². The highest BCUT2D eigenvalue weighted by Crippen LogP contribution is 2.14.